The Morgan fingerprint density at radius 3 is 2.39 bits per heavy atom. The molecule has 2 aliphatic rings. The number of carbonyl (C=O) groups excluding carboxylic acids is 2. The molecule has 3 heterocycles. The van der Waals surface area contributed by atoms with E-state index in [4.69, 9.17) is 4.74 Å². The van der Waals surface area contributed by atoms with E-state index >= 15 is 0 Å². The summed E-state index contributed by atoms with van der Waals surface area (Å²) in [4.78, 5) is 53.6. The topological polar surface area (TPSA) is 164 Å². The van der Waals surface area contributed by atoms with Crippen LogP contribution in [0.2, 0.25) is 18.6 Å². The number of benzene rings is 4. The van der Waals surface area contributed by atoms with Crippen LogP contribution < -0.4 is 9.80 Å². The van der Waals surface area contributed by atoms with Crippen molar-refractivity contribution in [2.45, 2.75) is 62.7 Å². The largest absolute Gasteiger partial charge is 0.432 e. The Hall–Kier alpha value is -5.54. The van der Waals surface area contributed by atoms with Gasteiger partial charge in [-0.3, -0.25) is 29.3 Å². The molecule has 1 fully saturated rings. The highest BCUT2D eigenvalue weighted by Gasteiger charge is 2.66. The number of fused-ring (bicyclic) bond motifs is 2. The molecule has 1 spiro atoms. The smallest absolute Gasteiger partial charge is 0.269 e. The van der Waals surface area contributed by atoms with Gasteiger partial charge in [0, 0.05) is 53.3 Å². The van der Waals surface area contributed by atoms with Gasteiger partial charge in [0.25, 0.3) is 11.6 Å². The van der Waals surface area contributed by atoms with Crippen LogP contribution in [0.15, 0.2) is 109 Å². The Morgan fingerprint density at radius 1 is 1.02 bits per heavy atom. The second-order valence-electron chi connectivity index (χ2n) is 14.5. The molecule has 2 aliphatic heterocycles. The van der Waals surface area contributed by atoms with Crippen LogP contribution in [0, 0.1) is 16.0 Å². The predicted octanol–water partition coefficient (Wildman–Crippen LogP) is 6.04. The van der Waals surface area contributed by atoms with Crippen molar-refractivity contribution in [3.63, 3.8) is 0 Å². The third-order valence-electron chi connectivity index (χ3n) is 10.8. The summed E-state index contributed by atoms with van der Waals surface area (Å²) in [5.41, 5.74) is 2.27. The first-order valence-corrected chi connectivity index (χ1v) is 20.9. The summed E-state index contributed by atoms with van der Waals surface area (Å²) >= 11 is 0. The van der Waals surface area contributed by atoms with Gasteiger partial charge >= 0.3 is 0 Å². The van der Waals surface area contributed by atoms with Crippen molar-refractivity contribution in [3.05, 3.63) is 142 Å². The molecule has 0 bridgehead atoms. The Bertz CT molecular complexity index is 2160. The number of carbonyl (C=O) groups is 2. The molecule has 5 aromatic rings. The molecule has 4 aromatic carbocycles. The molecule has 2 N–H and O–H groups in total. The van der Waals surface area contributed by atoms with Crippen LogP contribution in [0.25, 0.3) is 0 Å². The van der Waals surface area contributed by atoms with E-state index in [0.29, 0.717) is 41.3 Å². The van der Waals surface area contributed by atoms with Crippen molar-refractivity contribution in [2.75, 3.05) is 16.4 Å². The van der Waals surface area contributed by atoms with Crippen molar-refractivity contribution < 1.29 is 29.2 Å². The molecule has 7 rings (SSSR count). The second-order valence-corrected chi connectivity index (χ2v) is 18.5. The molecule has 278 valence electrons. The zero-order valence-corrected chi connectivity index (χ0v) is 31.2. The van der Waals surface area contributed by atoms with E-state index in [1.165, 1.54) is 17.0 Å². The highest BCUT2D eigenvalue weighted by Crippen LogP contribution is 2.60. The number of rotatable bonds is 13. The summed E-state index contributed by atoms with van der Waals surface area (Å²) in [6, 6.07) is 30.5. The van der Waals surface area contributed by atoms with E-state index in [1.807, 2.05) is 105 Å². The molecular weight excluding hydrogens is 705 g/mol. The third kappa shape index (κ3) is 6.62. The maximum atomic E-state index is 15.0. The van der Waals surface area contributed by atoms with Crippen molar-refractivity contribution in [1.82, 2.24) is 15.0 Å². The summed E-state index contributed by atoms with van der Waals surface area (Å²) in [5.74, 6) is -1.25. The molecule has 1 saturated heterocycles. The number of ether oxygens (including phenoxy) is 1. The van der Waals surface area contributed by atoms with Crippen LogP contribution in [0.1, 0.15) is 41.6 Å². The highest BCUT2D eigenvalue weighted by molar-refractivity contribution is 6.71. The van der Waals surface area contributed by atoms with Gasteiger partial charge in [-0.05, 0) is 61.0 Å². The van der Waals surface area contributed by atoms with Crippen molar-refractivity contribution in [1.29, 1.82) is 0 Å². The van der Waals surface area contributed by atoms with Crippen LogP contribution in [-0.4, -0.2) is 63.2 Å². The molecule has 2 amide bonds. The molecule has 0 radical (unpaired) electrons. The Morgan fingerprint density at radius 2 is 1.72 bits per heavy atom. The number of aryl methyl sites for hydroxylation is 1. The van der Waals surface area contributed by atoms with Crippen LogP contribution in [0.4, 0.5) is 22.7 Å². The summed E-state index contributed by atoms with van der Waals surface area (Å²) in [7, 11) is -3.03. The normalized spacial score (nSPS) is 21.3. The van der Waals surface area contributed by atoms with Crippen LogP contribution >= 0.6 is 0 Å². The number of amides is 2. The molecular formula is C40H42N6O7Si. The molecule has 1 unspecified atom stereocenters. The summed E-state index contributed by atoms with van der Waals surface area (Å²) in [6.07, 6.45) is 2.32. The minimum atomic E-state index is -3.03. The second kappa shape index (κ2) is 14.7. The van der Waals surface area contributed by atoms with E-state index in [9.17, 15) is 29.6 Å². The Labute approximate surface area is 313 Å². The average Bonchev–Trinajstić information content (AvgIpc) is 3.82. The minimum absolute atomic E-state index is 0.112. The fraction of sp³-hybridized carbons (Fsp3) is 0.300. The summed E-state index contributed by atoms with van der Waals surface area (Å²) < 4.78 is 8.59. The highest BCUT2D eigenvalue weighted by atomic mass is 28.4. The lowest BCUT2D eigenvalue weighted by atomic mass is 9.82. The number of aliphatic hydroxyl groups is 1. The fourth-order valence-electron chi connectivity index (χ4n) is 8.35. The third-order valence-corrected chi connectivity index (χ3v) is 13.3. The van der Waals surface area contributed by atoms with E-state index in [0.717, 1.165) is 17.5 Å². The van der Waals surface area contributed by atoms with Crippen LogP contribution in [0.5, 0.6) is 0 Å². The van der Waals surface area contributed by atoms with Gasteiger partial charge in [0.05, 0.1) is 41.5 Å². The zero-order valence-electron chi connectivity index (χ0n) is 30.2. The number of non-ortho nitro benzene ring substituents is 1. The van der Waals surface area contributed by atoms with Gasteiger partial charge in [0.2, 0.25) is 6.41 Å². The van der Waals surface area contributed by atoms with Gasteiger partial charge in [-0.15, -0.1) is 5.10 Å². The number of anilines is 3. The Balaban J connectivity index is 1.21. The molecule has 5 atom stereocenters. The summed E-state index contributed by atoms with van der Waals surface area (Å²) in [5, 5.41) is 30.9. The molecule has 13 nitrogen and oxygen atoms in total. The first kappa shape index (κ1) is 36.8. The summed E-state index contributed by atoms with van der Waals surface area (Å²) in [6.45, 7) is 5.87. The van der Waals surface area contributed by atoms with Crippen LogP contribution in [0.3, 0.4) is 0 Å². The molecule has 14 heteroatoms. The average molecular weight is 747 g/mol. The lowest BCUT2D eigenvalue weighted by molar-refractivity contribution is -0.385. The van der Waals surface area contributed by atoms with Gasteiger partial charge < -0.3 is 19.5 Å². The van der Waals surface area contributed by atoms with Gasteiger partial charge in [0.1, 0.15) is 0 Å². The molecule has 0 saturated carbocycles. The van der Waals surface area contributed by atoms with Crippen LogP contribution in [-0.2, 0) is 33.0 Å². The monoisotopic (exact) mass is 746 g/mol. The zero-order chi connectivity index (χ0) is 38.2. The number of aliphatic hydroxyl groups excluding tert-OH is 1. The van der Waals surface area contributed by atoms with E-state index < -0.39 is 36.4 Å². The lowest BCUT2D eigenvalue weighted by Gasteiger charge is -2.32. The fourth-order valence-corrected chi connectivity index (χ4v) is 11.0. The number of hydrogen-bond donors (Lipinski definition) is 2. The maximum Gasteiger partial charge on any atom is 0.269 e. The van der Waals surface area contributed by atoms with Gasteiger partial charge in [-0.1, -0.05) is 72.8 Å². The first-order valence-electron chi connectivity index (χ1n) is 17.9. The number of hydrogen-bond acceptors (Lipinski definition) is 9. The predicted molar refractivity (Wildman–Crippen MR) is 205 cm³/mol. The number of nitrogens with zero attached hydrogens (tertiary/aromatic N) is 6. The maximum absolute atomic E-state index is 15.0. The lowest BCUT2D eigenvalue weighted by Crippen LogP contribution is -2.46. The quantitative estimate of drug-likeness (QED) is 0.0633. The van der Waals surface area contributed by atoms with Gasteiger partial charge in [-0.25, -0.2) is 0 Å². The number of nitro groups is 1. The SMILES string of the molecule is C[C@@H]1[C@@H]([Si](C)(C)O)[C@H](CCn2cc(C(CO)c3ccccc3)nn2)O[C@@]12C(=O)N(Cc1cccc(N(C=O)c3ccccc3)c1)c1ccc([N+](=O)[O-])cc12. The molecule has 54 heavy (non-hydrogen) atoms. The van der Waals surface area contributed by atoms with E-state index in [1.54, 1.807) is 21.8 Å². The van der Waals surface area contributed by atoms with E-state index in [2.05, 4.69) is 10.3 Å². The molecule has 0 aliphatic carbocycles. The Kier molecular flexibility index (Phi) is 10.0. The number of aromatic nitrogens is 3. The molecule has 1 aromatic heterocycles. The number of nitro benzene ring substituents is 1. The minimum Gasteiger partial charge on any atom is -0.432 e. The van der Waals surface area contributed by atoms with Crippen molar-refractivity contribution in [2.24, 2.45) is 5.92 Å². The van der Waals surface area contributed by atoms with E-state index in [-0.39, 0.29) is 30.7 Å². The van der Waals surface area contributed by atoms with Crippen molar-refractivity contribution >= 4 is 43.4 Å². The standard InChI is InChI=1S/C40H42N6O7Si/c1-27-38(54(2,3)52)37(19-20-43-24-35(41-42-43)33(25-47)29-12-6-4-7-13-29)53-40(27)34-22-32(46(50)51)17-18-36(34)44(39(40)49)23-28-11-10-16-31(21-28)45(26-48)30-14-8-5-9-15-30/h4-18,21-22,24,26-27,33,37-38,47,52H,19-20,23,25H2,1-3H3/t27-,33?,37+,38-,40+/m1/s1. The first-order chi connectivity index (χ1) is 26.0. The van der Waals surface area contributed by atoms with Gasteiger partial charge in [0.15, 0.2) is 13.9 Å². The van der Waals surface area contributed by atoms with Gasteiger partial charge in [-0.2, -0.15) is 0 Å². The van der Waals surface area contributed by atoms with Crippen molar-refractivity contribution in [3.8, 4) is 0 Å². The number of para-hydroxylation sites is 1.